The number of likely N-dealkylation sites (N-methyl/N-ethyl adjacent to an activating group) is 2. The van der Waals surface area contributed by atoms with Gasteiger partial charge in [-0.25, -0.2) is 0 Å². The number of hydrogen-bond acceptors (Lipinski definition) is 10. The van der Waals surface area contributed by atoms with Crippen LogP contribution in [-0.4, -0.2) is 130 Å². The summed E-state index contributed by atoms with van der Waals surface area (Å²) < 4.78 is 0. The number of nitrogens with zero attached hydrogens (tertiary/aromatic N) is 1. The summed E-state index contributed by atoms with van der Waals surface area (Å²) in [6.45, 7) is 16.7. The Morgan fingerprint density at radius 3 is 1.33 bits per heavy atom. The van der Waals surface area contributed by atoms with Crippen molar-refractivity contribution < 1.29 is 0 Å². The van der Waals surface area contributed by atoms with Crippen molar-refractivity contribution in [3.63, 3.8) is 0 Å². The third kappa shape index (κ3) is 24.5. The van der Waals surface area contributed by atoms with E-state index in [1.54, 1.807) is 0 Å². The van der Waals surface area contributed by atoms with E-state index in [9.17, 15) is 0 Å². The van der Waals surface area contributed by atoms with E-state index in [1.165, 1.54) is 19.3 Å². The van der Waals surface area contributed by atoms with Crippen LogP contribution in [0.3, 0.4) is 0 Å². The van der Waals surface area contributed by atoms with E-state index in [-0.39, 0.29) is 0 Å². The van der Waals surface area contributed by atoms with Gasteiger partial charge in [-0.15, -0.1) is 0 Å². The number of nitrogens with two attached hydrogens (primary N) is 2. The van der Waals surface area contributed by atoms with E-state index in [0.717, 1.165) is 104 Å². The van der Waals surface area contributed by atoms with Crippen molar-refractivity contribution in [3.8, 4) is 0 Å². The van der Waals surface area contributed by atoms with Gasteiger partial charge in [-0.3, -0.25) is 4.90 Å². The molecule has 10 heteroatoms. The van der Waals surface area contributed by atoms with Crippen LogP contribution in [0.15, 0.2) is 0 Å². The Labute approximate surface area is 204 Å². The molecule has 33 heavy (non-hydrogen) atoms. The number of rotatable bonds is 28. The molecule has 0 aliphatic rings. The summed E-state index contributed by atoms with van der Waals surface area (Å²) in [4.78, 5) is 2.43. The van der Waals surface area contributed by atoms with Gasteiger partial charge in [0, 0.05) is 91.6 Å². The van der Waals surface area contributed by atoms with Crippen molar-refractivity contribution in [1.29, 1.82) is 0 Å². The molecule has 0 aromatic carbocycles. The lowest BCUT2D eigenvalue weighted by atomic mass is 9.97. The quantitative estimate of drug-likeness (QED) is 0.0554. The molecule has 1 atom stereocenters. The first kappa shape index (κ1) is 32.6. The summed E-state index contributed by atoms with van der Waals surface area (Å²) in [6.07, 6.45) is 3.67. The Bertz CT molecular complexity index is 362. The van der Waals surface area contributed by atoms with E-state index in [2.05, 4.69) is 42.1 Å². The molecule has 200 valence electrons. The molecule has 0 aliphatic heterocycles. The Balaban J connectivity index is 3.82. The fraction of sp³-hybridized carbons (Fsp3) is 1.00. The lowest BCUT2D eigenvalue weighted by Crippen LogP contribution is -2.41. The first-order valence-corrected chi connectivity index (χ1v) is 13.2. The van der Waals surface area contributed by atoms with Crippen molar-refractivity contribution in [3.05, 3.63) is 0 Å². The summed E-state index contributed by atoms with van der Waals surface area (Å²) >= 11 is 0. The second kappa shape index (κ2) is 27.8. The van der Waals surface area contributed by atoms with Crippen LogP contribution in [0.4, 0.5) is 0 Å². The molecule has 0 amide bonds. The highest BCUT2D eigenvalue weighted by molar-refractivity contribution is 4.67. The topological polar surface area (TPSA) is 139 Å². The Kier molecular flexibility index (Phi) is 27.5. The van der Waals surface area contributed by atoms with Gasteiger partial charge in [-0.05, 0) is 58.9 Å². The fourth-order valence-electron chi connectivity index (χ4n) is 3.67. The highest BCUT2D eigenvalue weighted by Gasteiger charge is 2.08. The summed E-state index contributed by atoms with van der Waals surface area (Å²) in [6, 6.07) is 0. The predicted octanol–water partition coefficient (Wildman–Crippen LogP) is -2.62. The summed E-state index contributed by atoms with van der Waals surface area (Å²) in [7, 11) is 3.98. The third-order valence-electron chi connectivity index (χ3n) is 5.75. The van der Waals surface area contributed by atoms with Gasteiger partial charge in [-0.1, -0.05) is 0 Å². The van der Waals surface area contributed by atoms with Crippen LogP contribution in [0.25, 0.3) is 0 Å². The van der Waals surface area contributed by atoms with Crippen LogP contribution in [-0.2, 0) is 0 Å². The predicted molar refractivity (Wildman–Crippen MR) is 144 cm³/mol. The molecule has 0 heterocycles. The Morgan fingerprint density at radius 1 is 0.485 bits per heavy atom. The molecule has 0 fully saturated rings. The molecule has 0 aliphatic carbocycles. The molecule has 0 rings (SSSR count). The Hall–Kier alpha value is -0.400. The Morgan fingerprint density at radius 2 is 0.909 bits per heavy atom. The molecule has 0 aromatic heterocycles. The van der Waals surface area contributed by atoms with Crippen LogP contribution >= 0.6 is 0 Å². The standard InChI is InChI=1S/C23H58N10/c1-26-12-14-29-9-4-23(3-8-28-11-6-24)5-10-30-16-17-32-19-22-33(20-7-25)21-18-31-15-13-27-2/h23,26-32H,3-22,24-25H2,1-2H3. The molecular weight excluding hydrogens is 416 g/mol. The minimum atomic E-state index is 0.711. The second-order valence-electron chi connectivity index (χ2n) is 8.61. The zero-order valence-electron chi connectivity index (χ0n) is 21.8. The van der Waals surface area contributed by atoms with Gasteiger partial charge in [0.15, 0.2) is 0 Å². The summed E-state index contributed by atoms with van der Waals surface area (Å²) in [5, 5.41) is 23.9. The first-order valence-electron chi connectivity index (χ1n) is 13.2. The smallest absolute Gasteiger partial charge is 0.0108 e. The lowest BCUT2D eigenvalue weighted by Gasteiger charge is -2.22. The first-order chi connectivity index (χ1) is 16.3. The molecule has 1 unspecified atom stereocenters. The van der Waals surface area contributed by atoms with Gasteiger partial charge in [0.25, 0.3) is 0 Å². The van der Waals surface area contributed by atoms with Gasteiger partial charge >= 0.3 is 0 Å². The van der Waals surface area contributed by atoms with Crippen LogP contribution in [0, 0.1) is 5.92 Å². The van der Waals surface area contributed by atoms with Crippen LogP contribution < -0.4 is 48.7 Å². The van der Waals surface area contributed by atoms with Crippen molar-refractivity contribution >= 4 is 0 Å². The van der Waals surface area contributed by atoms with Gasteiger partial charge in [-0.2, -0.15) is 0 Å². The third-order valence-corrected chi connectivity index (χ3v) is 5.75. The van der Waals surface area contributed by atoms with Gasteiger partial charge < -0.3 is 48.7 Å². The maximum Gasteiger partial charge on any atom is 0.0108 e. The van der Waals surface area contributed by atoms with Crippen molar-refractivity contribution in [1.82, 2.24) is 42.1 Å². The van der Waals surface area contributed by atoms with E-state index >= 15 is 0 Å². The largest absolute Gasteiger partial charge is 0.329 e. The molecule has 0 aromatic rings. The zero-order chi connectivity index (χ0) is 24.2. The minimum absolute atomic E-state index is 0.711. The average molecular weight is 475 g/mol. The maximum atomic E-state index is 5.77. The van der Waals surface area contributed by atoms with Crippen LogP contribution in [0.5, 0.6) is 0 Å². The van der Waals surface area contributed by atoms with Crippen molar-refractivity contribution in [2.75, 3.05) is 125 Å². The fourth-order valence-corrected chi connectivity index (χ4v) is 3.67. The van der Waals surface area contributed by atoms with Crippen molar-refractivity contribution in [2.24, 2.45) is 17.4 Å². The molecular formula is C23H58N10. The minimum Gasteiger partial charge on any atom is -0.329 e. The highest BCUT2D eigenvalue weighted by atomic mass is 15.2. The second-order valence-corrected chi connectivity index (χ2v) is 8.61. The van der Waals surface area contributed by atoms with E-state index in [1.807, 2.05) is 14.1 Å². The maximum absolute atomic E-state index is 5.77. The van der Waals surface area contributed by atoms with Crippen LogP contribution in [0.2, 0.25) is 0 Å². The number of nitrogens with one attached hydrogen (secondary N) is 7. The molecule has 0 saturated carbocycles. The molecule has 0 bridgehead atoms. The molecule has 0 radical (unpaired) electrons. The SMILES string of the molecule is CNCCNCCC(CCNCCN)CCNCCNCCN(CCN)CCNCCNC. The number of hydrogen-bond donors (Lipinski definition) is 9. The van der Waals surface area contributed by atoms with Gasteiger partial charge in [0.2, 0.25) is 0 Å². The molecule has 10 nitrogen and oxygen atoms in total. The van der Waals surface area contributed by atoms with Gasteiger partial charge in [0.05, 0.1) is 0 Å². The average Bonchev–Trinajstić information content (AvgIpc) is 2.82. The normalized spacial score (nSPS) is 12.6. The lowest BCUT2D eigenvalue weighted by molar-refractivity contribution is 0.280. The summed E-state index contributed by atoms with van der Waals surface area (Å²) in [5.74, 6) is 0.740. The van der Waals surface area contributed by atoms with Crippen molar-refractivity contribution in [2.45, 2.75) is 19.3 Å². The van der Waals surface area contributed by atoms with E-state index < -0.39 is 0 Å². The molecule has 11 N–H and O–H groups in total. The van der Waals surface area contributed by atoms with Gasteiger partial charge in [0.1, 0.15) is 0 Å². The van der Waals surface area contributed by atoms with E-state index in [0.29, 0.717) is 13.1 Å². The molecule has 0 saturated heterocycles. The summed E-state index contributed by atoms with van der Waals surface area (Å²) in [5.41, 5.74) is 11.4. The zero-order valence-corrected chi connectivity index (χ0v) is 21.8. The molecule has 0 spiro atoms. The van der Waals surface area contributed by atoms with E-state index in [4.69, 9.17) is 11.5 Å². The van der Waals surface area contributed by atoms with Crippen LogP contribution in [0.1, 0.15) is 19.3 Å². The monoisotopic (exact) mass is 474 g/mol. The highest BCUT2D eigenvalue weighted by Crippen LogP contribution is 2.11.